The van der Waals surface area contributed by atoms with Gasteiger partial charge in [0.15, 0.2) is 10.3 Å². The molecule has 0 atom stereocenters. The molecule has 0 bridgehead atoms. The number of aromatic nitrogens is 2. The van der Waals surface area contributed by atoms with Gasteiger partial charge in [-0.15, -0.1) is 22.7 Å². The highest BCUT2D eigenvalue weighted by atomic mass is 35.5. The molecule has 2 fully saturated rings. The molecule has 304 valence electrons. The normalized spacial score (nSPS) is 15.6. The van der Waals surface area contributed by atoms with Crippen LogP contribution in [0, 0.1) is 11.6 Å². The van der Waals surface area contributed by atoms with E-state index < -0.39 is 31.7 Å². The molecule has 2 aromatic heterocycles. The lowest BCUT2D eigenvalue weighted by molar-refractivity contribution is 0.384. The van der Waals surface area contributed by atoms with E-state index in [-0.39, 0.29) is 9.79 Å². The second-order valence-corrected chi connectivity index (χ2v) is 20.3. The van der Waals surface area contributed by atoms with E-state index in [2.05, 4.69) is 14.9 Å². The van der Waals surface area contributed by atoms with Crippen molar-refractivity contribution in [1.29, 1.82) is 0 Å². The van der Waals surface area contributed by atoms with Gasteiger partial charge >= 0.3 is 0 Å². The van der Waals surface area contributed by atoms with Gasteiger partial charge in [-0.05, 0) is 78.9 Å². The van der Waals surface area contributed by atoms with E-state index in [1.165, 1.54) is 67.7 Å². The standard InChI is InChI=1S/C19H16Cl3N3O2S2.C19H16ClF2N3O2S2/c2*20-14-1-3-17(4-2-14)29(26,27)25-7-5-24(6-8-25)19-23-18(12-28-19)13-9-15(21)11-16(22)10-13/h2*1-4,9-12H,5-8H2. The molecule has 0 radical (unpaired) electrons. The molecule has 0 N–H and O–H groups in total. The largest absolute Gasteiger partial charge is 0.345 e. The highest BCUT2D eigenvalue weighted by molar-refractivity contribution is 7.89. The second-order valence-electron chi connectivity index (χ2n) is 13.0. The number of hydrogen-bond donors (Lipinski definition) is 0. The van der Waals surface area contributed by atoms with Gasteiger partial charge < -0.3 is 9.80 Å². The average Bonchev–Trinajstić information content (AvgIpc) is 3.90. The molecule has 0 spiro atoms. The molecule has 8 rings (SSSR count). The van der Waals surface area contributed by atoms with Gasteiger partial charge in [-0.3, -0.25) is 0 Å². The Morgan fingerprint density at radius 1 is 0.483 bits per heavy atom. The molecule has 4 aromatic carbocycles. The van der Waals surface area contributed by atoms with E-state index >= 15 is 0 Å². The van der Waals surface area contributed by atoms with Gasteiger partial charge in [-0.25, -0.2) is 35.6 Å². The lowest BCUT2D eigenvalue weighted by atomic mass is 10.1. The summed E-state index contributed by atoms with van der Waals surface area (Å²) in [5.41, 5.74) is 2.51. The highest BCUT2D eigenvalue weighted by Crippen LogP contribution is 2.33. The van der Waals surface area contributed by atoms with E-state index in [1.807, 2.05) is 22.4 Å². The summed E-state index contributed by atoms with van der Waals surface area (Å²) in [6.07, 6.45) is 0. The summed E-state index contributed by atoms with van der Waals surface area (Å²) >= 11 is 26.7. The molecule has 0 saturated carbocycles. The van der Waals surface area contributed by atoms with Crippen LogP contribution in [-0.4, -0.2) is 87.8 Å². The molecule has 0 unspecified atom stereocenters. The minimum absolute atomic E-state index is 0.208. The predicted molar refractivity (Wildman–Crippen MR) is 230 cm³/mol. The van der Waals surface area contributed by atoms with Crippen molar-refractivity contribution in [2.45, 2.75) is 9.79 Å². The van der Waals surface area contributed by atoms with Gasteiger partial charge in [0.2, 0.25) is 20.0 Å². The third-order valence-corrected chi connectivity index (χ3v) is 15.8. The Morgan fingerprint density at radius 2 is 0.845 bits per heavy atom. The van der Waals surface area contributed by atoms with E-state index in [0.717, 1.165) is 22.5 Å². The van der Waals surface area contributed by atoms with Crippen molar-refractivity contribution in [3.8, 4) is 22.5 Å². The molecule has 2 aliphatic rings. The Labute approximate surface area is 362 Å². The summed E-state index contributed by atoms with van der Waals surface area (Å²) in [5, 5.41) is 7.33. The van der Waals surface area contributed by atoms with Crippen molar-refractivity contribution in [1.82, 2.24) is 18.6 Å². The van der Waals surface area contributed by atoms with Crippen molar-refractivity contribution in [2.24, 2.45) is 0 Å². The van der Waals surface area contributed by atoms with E-state index in [4.69, 9.17) is 46.4 Å². The van der Waals surface area contributed by atoms with Crippen LogP contribution >= 0.6 is 69.1 Å². The zero-order valence-corrected chi connectivity index (χ0v) is 36.4. The third kappa shape index (κ3) is 9.95. The molecule has 20 heteroatoms. The quantitative estimate of drug-likeness (QED) is 0.149. The van der Waals surface area contributed by atoms with Crippen LogP contribution < -0.4 is 9.80 Å². The molecule has 10 nitrogen and oxygen atoms in total. The molecular weight excluding hydrogens is 913 g/mol. The number of rotatable bonds is 8. The fourth-order valence-electron chi connectivity index (χ4n) is 6.24. The summed E-state index contributed by atoms with van der Waals surface area (Å²) in [7, 11) is -7.11. The van der Waals surface area contributed by atoms with Gasteiger partial charge in [0.25, 0.3) is 0 Å². The van der Waals surface area contributed by atoms with Crippen LogP contribution in [0.2, 0.25) is 20.1 Å². The first kappa shape index (κ1) is 42.7. The minimum atomic E-state index is -3.58. The van der Waals surface area contributed by atoms with Crippen LogP contribution in [0.25, 0.3) is 22.5 Å². The number of anilines is 2. The van der Waals surface area contributed by atoms with Crippen molar-refractivity contribution < 1.29 is 25.6 Å². The molecule has 2 saturated heterocycles. The van der Waals surface area contributed by atoms with Gasteiger partial charge in [-0.1, -0.05) is 46.4 Å². The Kier molecular flexibility index (Phi) is 13.3. The smallest absolute Gasteiger partial charge is 0.243 e. The fraction of sp³-hybridized carbons (Fsp3) is 0.211. The lowest BCUT2D eigenvalue weighted by Crippen LogP contribution is -2.48. The second kappa shape index (κ2) is 18.1. The average molecular weight is 945 g/mol. The SMILES string of the molecule is O=S(=O)(c1ccc(Cl)cc1)N1CCN(c2nc(-c3cc(Cl)cc(Cl)c3)cs2)CC1.O=S(=O)(c1ccc(Cl)cc1)N1CCN(c2nc(-c3cc(F)cc(F)c3)cs2)CC1. The zero-order valence-electron chi connectivity index (χ0n) is 30.1. The topological polar surface area (TPSA) is 107 Å². The van der Waals surface area contributed by atoms with Crippen LogP contribution in [0.4, 0.5) is 19.0 Å². The van der Waals surface area contributed by atoms with Crippen LogP contribution in [0.15, 0.2) is 105 Å². The predicted octanol–water partition coefficient (Wildman–Crippen LogP) is 9.53. The molecule has 2 aliphatic heterocycles. The van der Waals surface area contributed by atoms with Crippen LogP contribution in [-0.2, 0) is 20.0 Å². The Bertz CT molecular complexity index is 2400. The van der Waals surface area contributed by atoms with Crippen LogP contribution in [0.1, 0.15) is 0 Å². The molecular formula is C38H32Cl4F2N6O4S4. The van der Waals surface area contributed by atoms with Crippen molar-refractivity contribution in [2.75, 3.05) is 62.2 Å². The first-order valence-corrected chi connectivity index (χ1v) is 23.7. The summed E-state index contributed by atoms with van der Waals surface area (Å²) in [6, 6.07) is 21.0. The Hall–Kier alpha value is -3.42. The number of piperazine rings is 2. The summed E-state index contributed by atoms with van der Waals surface area (Å²) in [4.78, 5) is 13.7. The van der Waals surface area contributed by atoms with Gasteiger partial charge in [0.1, 0.15) is 11.6 Å². The van der Waals surface area contributed by atoms with Crippen LogP contribution in [0.3, 0.4) is 0 Å². The number of thiazole rings is 2. The maximum absolute atomic E-state index is 13.4. The van der Waals surface area contributed by atoms with Crippen LogP contribution in [0.5, 0.6) is 0 Å². The number of nitrogens with zero attached hydrogens (tertiary/aromatic N) is 6. The van der Waals surface area contributed by atoms with Crippen molar-refractivity contribution in [3.63, 3.8) is 0 Å². The van der Waals surface area contributed by atoms with E-state index in [0.29, 0.717) is 88.8 Å². The first-order chi connectivity index (χ1) is 27.6. The molecule has 58 heavy (non-hydrogen) atoms. The number of benzene rings is 4. The summed E-state index contributed by atoms with van der Waals surface area (Å²) in [5.74, 6) is -1.31. The summed E-state index contributed by atoms with van der Waals surface area (Å²) in [6.45, 7) is 3.48. The Balaban J connectivity index is 0.000000177. The van der Waals surface area contributed by atoms with Gasteiger partial charge in [0.05, 0.1) is 21.2 Å². The van der Waals surface area contributed by atoms with Gasteiger partial charge in [-0.2, -0.15) is 8.61 Å². The monoisotopic (exact) mass is 942 g/mol. The number of hydrogen-bond acceptors (Lipinski definition) is 10. The minimum Gasteiger partial charge on any atom is -0.345 e. The molecule has 6 aromatic rings. The van der Waals surface area contributed by atoms with Crippen molar-refractivity contribution >= 4 is 99.4 Å². The zero-order chi connectivity index (χ0) is 41.2. The third-order valence-electron chi connectivity index (χ3n) is 9.22. The summed E-state index contributed by atoms with van der Waals surface area (Å²) < 4.78 is 81.0. The Morgan fingerprint density at radius 3 is 1.22 bits per heavy atom. The molecule has 0 amide bonds. The number of halogens is 6. The van der Waals surface area contributed by atoms with E-state index in [1.54, 1.807) is 35.7 Å². The first-order valence-electron chi connectivity index (χ1n) is 17.5. The van der Waals surface area contributed by atoms with E-state index in [9.17, 15) is 25.6 Å². The number of sulfonamides is 2. The van der Waals surface area contributed by atoms with Crippen molar-refractivity contribution in [3.05, 3.63) is 127 Å². The maximum atomic E-state index is 13.4. The van der Waals surface area contributed by atoms with Gasteiger partial charge in [0, 0.05) is 100 Å². The molecule has 0 aliphatic carbocycles. The lowest BCUT2D eigenvalue weighted by Gasteiger charge is -2.33. The maximum Gasteiger partial charge on any atom is 0.243 e. The highest BCUT2D eigenvalue weighted by Gasteiger charge is 2.31. The fourth-order valence-corrected chi connectivity index (χ4v) is 11.6. The molecule has 4 heterocycles.